The first-order valence-corrected chi connectivity index (χ1v) is 11.1. The van der Waals surface area contributed by atoms with Gasteiger partial charge in [-0.25, -0.2) is 9.98 Å². The average molecular weight is 464 g/mol. The van der Waals surface area contributed by atoms with Gasteiger partial charge in [-0.15, -0.1) is 0 Å². The number of benzene rings is 4. The van der Waals surface area contributed by atoms with Crippen LogP contribution in [0.1, 0.15) is 0 Å². The molecule has 4 radical (unpaired) electrons. The molecule has 4 aromatic carbocycles. The predicted molar refractivity (Wildman–Crippen MR) is 138 cm³/mol. The van der Waals surface area contributed by atoms with E-state index in [0.29, 0.717) is 31.9 Å². The van der Waals surface area contributed by atoms with Crippen LogP contribution in [-0.4, -0.2) is 16.1 Å². The van der Waals surface area contributed by atoms with E-state index in [4.69, 9.17) is 45.4 Å². The minimum absolute atomic E-state index is 0.223. The lowest BCUT2D eigenvalue weighted by Crippen LogP contribution is -2.32. The molecule has 0 saturated heterocycles. The van der Waals surface area contributed by atoms with E-state index in [9.17, 15) is 0 Å². The SMILES string of the molecule is [B]OC1=c2ccccc2=NC=c2ccccc2=NC(O[B])=c2ccccc2=NC=c2ccccc2=N1. The number of hydrogen-bond donors (Lipinski definition) is 0. The second-order valence-corrected chi connectivity index (χ2v) is 7.74. The Morgan fingerprint density at radius 2 is 0.806 bits per heavy atom. The van der Waals surface area contributed by atoms with Crippen LogP contribution in [0.2, 0.25) is 0 Å². The summed E-state index contributed by atoms with van der Waals surface area (Å²) in [5.41, 5.74) is 0. The lowest BCUT2D eigenvalue weighted by atomic mass is 10.2. The highest BCUT2D eigenvalue weighted by Gasteiger charge is 2.00. The Labute approximate surface area is 208 Å². The van der Waals surface area contributed by atoms with E-state index in [1.54, 1.807) is 12.4 Å². The summed E-state index contributed by atoms with van der Waals surface area (Å²) in [6.07, 6.45) is 3.42. The van der Waals surface area contributed by atoms with Crippen molar-refractivity contribution < 1.29 is 9.31 Å². The number of rotatable bonds is 2. The standard InChI is InChI=1S/C28H18B2N4O2/c29-35-27-22-12-4-8-16-26(22)32-18-20-10-2-6-14-24(20)34-28(36-30)21-11-3-7-15-25(21)31-17-19-9-1-5-13-23(19)33-27/h1-18H. The van der Waals surface area contributed by atoms with Gasteiger partial charge in [0.2, 0.25) is 11.8 Å². The predicted octanol–water partition coefficient (Wildman–Crippen LogP) is -0.913. The van der Waals surface area contributed by atoms with E-state index >= 15 is 0 Å². The van der Waals surface area contributed by atoms with Gasteiger partial charge in [0.05, 0.1) is 31.9 Å². The second kappa shape index (κ2) is 10.7. The van der Waals surface area contributed by atoms with Crippen LogP contribution in [0.5, 0.6) is 0 Å². The molecular weight excluding hydrogens is 446 g/mol. The highest BCUT2D eigenvalue weighted by molar-refractivity contribution is 6.00. The first kappa shape index (κ1) is 23.1. The van der Waals surface area contributed by atoms with Gasteiger partial charge in [-0.2, -0.15) is 0 Å². The quantitative estimate of drug-likeness (QED) is 0.361. The molecule has 36 heavy (non-hydrogen) atoms. The van der Waals surface area contributed by atoms with Gasteiger partial charge in [0.1, 0.15) is 0 Å². The highest BCUT2D eigenvalue weighted by atomic mass is 16.4. The van der Waals surface area contributed by atoms with Gasteiger partial charge >= 0.3 is 16.1 Å². The molecule has 8 heteroatoms. The summed E-state index contributed by atoms with van der Waals surface area (Å²) in [6.45, 7) is 0. The van der Waals surface area contributed by atoms with E-state index in [2.05, 4.69) is 0 Å². The van der Waals surface area contributed by atoms with Gasteiger partial charge in [-0.3, -0.25) is 9.98 Å². The van der Waals surface area contributed by atoms with Crippen LogP contribution in [0.15, 0.2) is 117 Å². The maximum absolute atomic E-state index is 5.67. The zero-order chi connectivity index (χ0) is 24.7. The fraction of sp³-hybridized carbons (Fsp3) is 0. The molecule has 0 amide bonds. The van der Waals surface area contributed by atoms with Crippen LogP contribution in [-0.2, 0) is 9.31 Å². The van der Waals surface area contributed by atoms with Crippen molar-refractivity contribution >= 4 is 40.3 Å². The van der Waals surface area contributed by atoms with Crippen molar-refractivity contribution in [2.45, 2.75) is 0 Å². The summed E-state index contributed by atoms with van der Waals surface area (Å²) < 4.78 is 10.4. The first-order chi connectivity index (χ1) is 17.8. The van der Waals surface area contributed by atoms with Crippen molar-refractivity contribution in [3.63, 3.8) is 0 Å². The van der Waals surface area contributed by atoms with Crippen LogP contribution in [0.3, 0.4) is 0 Å². The Balaban J connectivity index is 2.03. The Kier molecular flexibility index (Phi) is 6.85. The topological polar surface area (TPSA) is 67.9 Å². The first-order valence-electron chi connectivity index (χ1n) is 11.1. The van der Waals surface area contributed by atoms with Gasteiger partial charge in [0.15, 0.2) is 0 Å². The highest BCUT2D eigenvalue weighted by Crippen LogP contribution is 1.94. The minimum Gasteiger partial charge on any atom is -0.554 e. The fourth-order valence-electron chi connectivity index (χ4n) is 3.73. The summed E-state index contributed by atoms with van der Waals surface area (Å²) in [7, 11) is 11.3. The Bertz CT molecular complexity index is 1800. The van der Waals surface area contributed by atoms with Crippen molar-refractivity contribution in [3.05, 3.63) is 139 Å². The molecule has 0 bridgehead atoms. The van der Waals surface area contributed by atoms with Gasteiger partial charge in [0, 0.05) is 22.8 Å². The Hall–Kier alpha value is -4.71. The molecule has 6 nitrogen and oxygen atoms in total. The van der Waals surface area contributed by atoms with Gasteiger partial charge < -0.3 is 9.31 Å². The summed E-state index contributed by atoms with van der Waals surface area (Å²) in [5, 5.41) is 5.28. The molecule has 1 heterocycles. The molecule has 4 aromatic rings. The molecule has 0 unspecified atom stereocenters. The number of nitrogens with zero attached hydrogens (tertiary/aromatic N) is 4. The smallest absolute Gasteiger partial charge is 0.376 e. The number of hydrogen-bond acceptors (Lipinski definition) is 6. The minimum atomic E-state index is 0.223. The molecule has 0 atom stereocenters. The summed E-state index contributed by atoms with van der Waals surface area (Å²) in [5.74, 6) is 0.447. The molecule has 0 aromatic heterocycles. The van der Waals surface area contributed by atoms with Crippen molar-refractivity contribution in [1.29, 1.82) is 0 Å². The zero-order valence-corrected chi connectivity index (χ0v) is 19.2. The average Bonchev–Trinajstić information content (AvgIpc) is 2.93. The van der Waals surface area contributed by atoms with Crippen LogP contribution >= 0.6 is 0 Å². The molecule has 0 fully saturated rings. The molecular formula is C28H18B2N4O2. The Morgan fingerprint density at radius 3 is 1.22 bits per heavy atom. The van der Waals surface area contributed by atoms with E-state index in [0.717, 1.165) is 10.4 Å². The summed E-state index contributed by atoms with van der Waals surface area (Å²) >= 11 is 0. The number of para-hydroxylation sites is 4. The van der Waals surface area contributed by atoms with Crippen molar-refractivity contribution in [1.82, 2.24) is 0 Å². The Morgan fingerprint density at radius 1 is 0.444 bits per heavy atom. The van der Waals surface area contributed by atoms with Gasteiger partial charge in [-0.1, -0.05) is 60.7 Å². The van der Waals surface area contributed by atoms with Crippen molar-refractivity contribution in [2.75, 3.05) is 0 Å². The largest absolute Gasteiger partial charge is 0.554 e. The molecule has 0 spiro atoms. The lowest BCUT2D eigenvalue weighted by Gasteiger charge is -2.02. The van der Waals surface area contributed by atoms with E-state index in [1.165, 1.54) is 0 Å². The maximum atomic E-state index is 5.67. The molecule has 168 valence electrons. The van der Waals surface area contributed by atoms with Crippen LogP contribution in [0, 0.1) is 0 Å². The summed E-state index contributed by atoms with van der Waals surface area (Å²) in [6, 6.07) is 30.0. The van der Waals surface area contributed by atoms with Crippen molar-refractivity contribution in [2.24, 2.45) is 20.0 Å². The molecule has 1 aliphatic heterocycles. The van der Waals surface area contributed by atoms with E-state index in [-0.39, 0.29) is 11.8 Å². The zero-order valence-electron chi connectivity index (χ0n) is 19.2. The fourth-order valence-corrected chi connectivity index (χ4v) is 3.73. The van der Waals surface area contributed by atoms with Gasteiger partial charge in [-0.05, 0) is 36.4 Å². The molecule has 0 aliphatic carbocycles. The third-order valence-corrected chi connectivity index (χ3v) is 5.50. The molecule has 0 N–H and O–H groups in total. The van der Waals surface area contributed by atoms with Crippen LogP contribution in [0.25, 0.3) is 24.2 Å². The number of fused-ring (bicyclic) bond motifs is 4. The van der Waals surface area contributed by atoms with Crippen LogP contribution < -0.4 is 42.3 Å². The third-order valence-electron chi connectivity index (χ3n) is 5.50. The van der Waals surface area contributed by atoms with E-state index in [1.807, 2.05) is 97.1 Å². The normalized spacial score (nSPS) is 12.8. The van der Waals surface area contributed by atoms with Gasteiger partial charge in [0.25, 0.3) is 0 Å². The molecule has 0 saturated carbocycles. The maximum Gasteiger partial charge on any atom is 0.376 e. The molecule has 5 rings (SSSR count). The lowest BCUT2D eigenvalue weighted by molar-refractivity contribution is 0.548. The van der Waals surface area contributed by atoms with Crippen molar-refractivity contribution in [3.8, 4) is 0 Å². The van der Waals surface area contributed by atoms with Crippen LogP contribution in [0.4, 0.5) is 0 Å². The second-order valence-electron chi connectivity index (χ2n) is 7.74. The van der Waals surface area contributed by atoms with E-state index < -0.39 is 0 Å². The summed E-state index contributed by atoms with van der Waals surface area (Å²) in [4.78, 5) is 18.8. The third kappa shape index (κ3) is 4.88. The monoisotopic (exact) mass is 464 g/mol. The molecule has 1 aliphatic rings.